The van der Waals surface area contributed by atoms with E-state index < -0.39 is 0 Å². The van der Waals surface area contributed by atoms with Gasteiger partial charge in [0.2, 0.25) is 0 Å². The SMILES string of the molecule is CCOc1ccc(NC2CCCC2C)c(C)c1. The molecule has 1 aliphatic carbocycles. The van der Waals surface area contributed by atoms with E-state index in [0.717, 1.165) is 18.3 Å². The van der Waals surface area contributed by atoms with E-state index >= 15 is 0 Å². The predicted octanol–water partition coefficient (Wildman–Crippen LogP) is 3.99. The van der Waals surface area contributed by atoms with Gasteiger partial charge in [-0.25, -0.2) is 0 Å². The molecule has 2 nitrogen and oxygen atoms in total. The molecule has 0 saturated heterocycles. The van der Waals surface area contributed by atoms with Crippen molar-refractivity contribution in [3.63, 3.8) is 0 Å². The molecule has 2 rings (SSSR count). The molecule has 1 aromatic carbocycles. The highest BCUT2D eigenvalue weighted by molar-refractivity contribution is 5.54. The van der Waals surface area contributed by atoms with Crippen LogP contribution in [0.15, 0.2) is 18.2 Å². The summed E-state index contributed by atoms with van der Waals surface area (Å²) in [7, 11) is 0. The zero-order valence-corrected chi connectivity index (χ0v) is 11.1. The van der Waals surface area contributed by atoms with Crippen LogP contribution in [0.25, 0.3) is 0 Å². The highest BCUT2D eigenvalue weighted by atomic mass is 16.5. The average Bonchev–Trinajstić information content (AvgIpc) is 2.69. The summed E-state index contributed by atoms with van der Waals surface area (Å²) in [5.74, 6) is 1.76. The Balaban J connectivity index is 2.05. The van der Waals surface area contributed by atoms with Crippen LogP contribution in [-0.4, -0.2) is 12.6 Å². The first-order chi connectivity index (χ1) is 8.20. The van der Waals surface area contributed by atoms with E-state index in [1.807, 2.05) is 6.92 Å². The van der Waals surface area contributed by atoms with E-state index in [1.165, 1.54) is 30.5 Å². The maximum Gasteiger partial charge on any atom is 0.119 e. The summed E-state index contributed by atoms with van der Waals surface area (Å²) in [4.78, 5) is 0. The van der Waals surface area contributed by atoms with Crippen LogP contribution < -0.4 is 10.1 Å². The number of benzene rings is 1. The van der Waals surface area contributed by atoms with Crippen molar-refractivity contribution in [2.24, 2.45) is 5.92 Å². The lowest BCUT2D eigenvalue weighted by Gasteiger charge is -2.20. The molecular weight excluding hydrogens is 210 g/mol. The molecule has 2 heteroatoms. The zero-order chi connectivity index (χ0) is 12.3. The summed E-state index contributed by atoms with van der Waals surface area (Å²) in [6.45, 7) is 7.23. The van der Waals surface area contributed by atoms with Gasteiger partial charge >= 0.3 is 0 Å². The van der Waals surface area contributed by atoms with Crippen LogP contribution in [0.3, 0.4) is 0 Å². The van der Waals surface area contributed by atoms with E-state index in [2.05, 4.69) is 37.4 Å². The fourth-order valence-corrected chi connectivity index (χ4v) is 2.61. The highest BCUT2D eigenvalue weighted by Gasteiger charge is 2.23. The summed E-state index contributed by atoms with van der Waals surface area (Å²) in [6.07, 6.45) is 4.01. The molecule has 2 atom stereocenters. The summed E-state index contributed by atoms with van der Waals surface area (Å²) >= 11 is 0. The smallest absolute Gasteiger partial charge is 0.119 e. The molecular formula is C15H23NO. The van der Waals surface area contributed by atoms with Gasteiger partial charge in [0.1, 0.15) is 5.75 Å². The van der Waals surface area contributed by atoms with Gasteiger partial charge in [-0.05, 0) is 56.4 Å². The second-order valence-corrected chi connectivity index (χ2v) is 5.07. The molecule has 0 heterocycles. The van der Waals surface area contributed by atoms with Gasteiger partial charge < -0.3 is 10.1 Å². The van der Waals surface area contributed by atoms with Gasteiger partial charge in [0.05, 0.1) is 6.61 Å². The number of aryl methyl sites for hydroxylation is 1. The van der Waals surface area contributed by atoms with E-state index in [-0.39, 0.29) is 0 Å². The molecule has 1 fully saturated rings. The molecule has 0 aliphatic heterocycles. The van der Waals surface area contributed by atoms with Gasteiger partial charge in [-0.1, -0.05) is 13.3 Å². The van der Waals surface area contributed by atoms with Gasteiger partial charge in [0, 0.05) is 11.7 Å². The number of rotatable bonds is 4. The normalized spacial score (nSPS) is 23.7. The van der Waals surface area contributed by atoms with Crippen LogP contribution in [0.1, 0.15) is 38.7 Å². The average molecular weight is 233 g/mol. The maximum absolute atomic E-state index is 5.51. The van der Waals surface area contributed by atoms with Crippen molar-refractivity contribution in [3.8, 4) is 5.75 Å². The lowest BCUT2D eigenvalue weighted by molar-refractivity contribution is 0.340. The zero-order valence-electron chi connectivity index (χ0n) is 11.1. The maximum atomic E-state index is 5.51. The lowest BCUT2D eigenvalue weighted by atomic mass is 10.1. The second-order valence-electron chi connectivity index (χ2n) is 5.07. The van der Waals surface area contributed by atoms with E-state index in [1.54, 1.807) is 0 Å². The molecule has 1 aliphatic rings. The van der Waals surface area contributed by atoms with Gasteiger partial charge in [-0.15, -0.1) is 0 Å². The van der Waals surface area contributed by atoms with Crippen LogP contribution in [0, 0.1) is 12.8 Å². The van der Waals surface area contributed by atoms with Crippen molar-refractivity contribution in [2.75, 3.05) is 11.9 Å². The molecule has 0 bridgehead atoms. The van der Waals surface area contributed by atoms with Gasteiger partial charge in [0.25, 0.3) is 0 Å². The molecule has 0 radical (unpaired) electrons. The molecule has 0 aromatic heterocycles. The Morgan fingerprint density at radius 3 is 2.76 bits per heavy atom. The predicted molar refractivity (Wildman–Crippen MR) is 72.8 cm³/mol. The molecule has 17 heavy (non-hydrogen) atoms. The van der Waals surface area contributed by atoms with Crippen LogP contribution in [0.2, 0.25) is 0 Å². The fraction of sp³-hybridized carbons (Fsp3) is 0.600. The number of ether oxygens (including phenoxy) is 1. The number of nitrogens with one attached hydrogen (secondary N) is 1. The summed E-state index contributed by atoms with van der Waals surface area (Å²) in [5.41, 5.74) is 2.53. The number of anilines is 1. The Kier molecular flexibility index (Phi) is 3.93. The number of hydrogen-bond donors (Lipinski definition) is 1. The monoisotopic (exact) mass is 233 g/mol. The molecule has 0 spiro atoms. The first-order valence-corrected chi connectivity index (χ1v) is 6.70. The summed E-state index contributed by atoms with van der Waals surface area (Å²) in [5, 5.41) is 3.67. The Labute approximate surface area is 104 Å². The van der Waals surface area contributed by atoms with Gasteiger partial charge in [-0.2, -0.15) is 0 Å². The minimum Gasteiger partial charge on any atom is -0.494 e. The molecule has 1 aromatic rings. The minimum absolute atomic E-state index is 0.645. The minimum atomic E-state index is 0.645. The van der Waals surface area contributed by atoms with Gasteiger partial charge in [-0.3, -0.25) is 0 Å². The van der Waals surface area contributed by atoms with E-state index in [9.17, 15) is 0 Å². The van der Waals surface area contributed by atoms with Crippen molar-refractivity contribution < 1.29 is 4.74 Å². The van der Waals surface area contributed by atoms with Crippen molar-refractivity contribution in [1.29, 1.82) is 0 Å². The fourth-order valence-electron chi connectivity index (χ4n) is 2.61. The first-order valence-electron chi connectivity index (χ1n) is 6.70. The third-order valence-electron chi connectivity index (χ3n) is 3.71. The Bertz CT molecular complexity index is 375. The Hall–Kier alpha value is -1.18. The topological polar surface area (TPSA) is 21.3 Å². The number of hydrogen-bond acceptors (Lipinski definition) is 2. The van der Waals surface area contributed by atoms with Crippen molar-refractivity contribution >= 4 is 5.69 Å². The Morgan fingerprint density at radius 2 is 2.18 bits per heavy atom. The third kappa shape index (κ3) is 2.93. The van der Waals surface area contributed by atoms with Crippen LogP contribution in [0.4, 0.5) is 5.69 Å². The molecule has 1 saturated carbocycles. The summed E-state index contributed by atoms with van der Waals surface area (Å²) < 4.78 is 5.51. The van der Waals surface area contributed by atoms with Crippen LogP contribution >= 0.6 is 0 Å². The highest BCUT2D eigenvalue weighted by Crippen LogP contribution is 2.30. The molecule has 2 unspecified atom stereocenters. The van der Waals surface area contributed by atoms with Crippen LogP contribution in [-0.2, 0) is 0 Å². The van der Waals surface area contributed by atoms with Crippen LogP contribution in [0.5, 0.6) is 5.75 Å². The van der Waals surface area contributed by atoms with Crippen molar-refractivity contribution in [2.45, 2.75) is 46.1 Å². The second kappa shape index (κ2) is 5.44. The molecule has 94 valence electrons. The first kappa shape index (κ1) is 12.3. The lowest BCUT2D eigenvalue weighted by Crippen LogP contribution is -2.22. The van der Waals surface area contributed by atoms with E-state index in [0.29, 0.717) is 6.04 Å². The van der Waals surface area contributed by atoms with E-state index in [4.69, 9.17) is 4.74 Å². The standard InChI is InChI=1S/C15H23NO/c1-4-17-13-8-9-15(12(3)10-13)16-14-7-5-6-11(14)2/h8-11,14,16H,4-7H2,1-3H3. The van der Waals surface area contributed by atoms with Crippen molar-refractivity contribution in [1.82, 2.24) is 0 Å². The largest absolute Gasteiger partial charge is 0.494 e. The van der Waals surface area contributed by atoms with Gasteiger partial charge in [0.15, 0.2) is 0 Å². The summed E-state index contributed by atoms with van der Waals surface area (Å²) in [6, 6.07) is 6.96. The third-order valence-corrected chi connectivity index (χ3v) is 3.71. The molecule has 1 N–H and O–H groups in total. The van der Waals surface area contributed by atoms with Crippen molar-refractivity contribution in [3.05, 3.63) is 23.8 Å². The Morgan fingerprint density at radius 1 is 1.35 bits per heavy atom. The molecule has 0 amide bonds. The quantitative estimate of drug-likeness (QED) is 0.849.